The van der Waals surface area contributed by atoms with E-state index in [0.29, 0.717) is 22.2 Å². The van der Waals surface area contributed by atoms with Crippen molar-refractivity contribution in [2.75, 3.05) is 12.4 Å². The van der Waals surface area contributed by atoms with Gasteiger partial charge in [-0.25, -0.2) is 0 Å². The van der Waals surface area contributed by atoms with Gasteiger partial charge in [0.05, 0.1) is 10.6 Å². The first-order valence-electron chi connectivity index (χ1n) is 8.26. The number of halogens is 2. The van der Waals surface area contributed by atoms with E-state index in [1.165, 1.54) is 13.1 Å². The van der Waals surface area contributed by atoms with Crippen molar-refractivity contribution in [3.63, 3.8) is 0 Å². The van der Waals surface area contributed by atoms with Crippen LogP contribution >= 0.6 is 27.5 Å². The summed E-state index contributed by atoms with van der Waals surface area (Å²) in [4.78, 5) is 24.2. The summed E-state index contributed by atoms with van der Waals surface area (Å²) in [6.45, 7) is 0.191. The van der Waals surface area contributed by atoms with Crippen molar-refractivity contribution in [3.8, 4) is 5.75 Å². The van der Waals surface area contributed by atoms with E-state index in [4.69, 9.17) is 20.8 Å². The summed E-state index contributed by atoms with van der Waals surface area (Å²) in [5.41, 5.74) is 0.696. The zero-order chi connectivity index (χ0) is 20.1. The number of rotatable bonds is 6. The van der Waals surface area contributed by atoms with Crippen LogP contribution in [0.2, 0.25) is 5.02 Å². The minimum atomic E-state index is -0.444. The highest BCUT2D eigenvalue weighted by molar-refractivity contribution is 9.10. The van der Waals surface area contributed by atoms with Gasteiger partial charge >= 0.3 is 0 Å². The van der Waals surface area contributed by atoms with Crippen molar-refractivity contribution in [2.45, 2.75) is 6.61 Å². The molecule has 2 aromatic carbocycles. The third-order valence-electron chi connectivity index (χ3n) is 3.78. The summed E-state index contributed by atoms with van der Waals surface area (Å²) in [6, 6.07) is 15.3. The molecular formula is C20H16BrClN2O4. The van der Waals surface area contributed by atoms with E-state index in [0.717, 1.165) is 4.47 Å². The van der Waals surface area contributed by atoms with E-state index >= 15 is 0 Å². The minimum absolute atomic E-state index is 0.130. The lowest BCUT2D eigenvalue weighted by atomic mass is 10.2. The molecule has 0 atom stereocenters. The zero-order valence-corrected chi connectivity index (χ0v) is 17.1. The molecule has 8 heteroatoms. The second-order valence-corrected chi connectivity index (χ2v) is 7.06. The van der Waals surface area contributed by atoms with Gasteiger partial charge in [-0.05, 0) is 54.6 Å². The van der Waals surface area contributed by atoms with E-state index in [-0.39, 0.29) is 23.8 Å². The van der Waals surface area contributed by atoms with Gasteiger partial charge in [-0.15, -0.1) is 0 Å². The Balaban J connectivity index is 1.64. The molecule has 3 rings (SSSR count). The molecule has 0 fully saturated rings. The molecule has 0 bridgehead atoms. The molecule has 1 heterocycles. The first-order chi connectivity index (χ1) is 13.5. The van der Waals surface area contributed by atoms with Crippen molar-refractivity contribution in [1.82, 2.24) is 5.32 Å². The van der Waals surface area contributed by atoms with Crippen molar-refractivity contribution in [3.05, 3.63) is 81.2 Å². The van der Waals surface area contributed by atoms with Crippen molar-refractivity contribution >= 4 is 45.0 Å². The van der Waals surface area contributed by atoms with E-state index in [1.807, 2.05) is 24.3 Å². The monoisotopic (exact) mass is 462 g/mol. The quantitative estimate of drug-likeness (QED) is 0.546. The topological polar surface area (TPSA) is 80.6 Å². The Kier molecular flexibility index (Phi) is 6.38. The largest absolute Gasteiger partial charge is 0.486 e. The summed E-state index contributed by atoms with van der Waals surface area (Å²) in [5.74, 6) is 0.543. The molecule has 0 saturated carbocycles. The van der Waals surface area contributed by atoms with Crippen LogP contribution in [0, 0.1) is 0 Å². The van der Waals surface area contributed by atoms with E-state index in [1.54, 1.807) is 24.3 Å². The predicted octanol–water partition coefficient (Wildman–Crippen LogP) is 4.89. The Bertz CT molecular complexity index is 1000. The predicted molar refractivity (Wildman–Crippen MR) is 110 cm³/mol. The molecule has 0 saturated heterocycles. The summed E-state index contributed by atoms with van der Waals surface area (Å²) in [5, 5.41) is 5.47. The van der Waals surface area contributed by atoms with Gasteiger partial charge in [0.25, 0.3) is 11.8 Å². The van der Waals surface area contributed by atoms with Gasteiger partial charge in [0.2, 0.25) is 0 Å². The zero-order valence-electron chi connectivity index (χ0n) is 14.8. The van der Waals surface area contributed by atoms with Crippen LogP contribution in [0.1, 0.15) is 26.7 Å². The Morgan fingerprint density at radius 3 is 2.54 bits per heavy atom. The molecule has 0 aliphatic heterocycles. The number of hydrogen-bond donors (Lipinski definition) is 2. The molecule has 2 amide bonds. The molecule has 2 N–H and O–H groups in total. The van der Waals surface area contributed by atoms with Gasteiger partial charge in [0, 0.05) is 17.2 Å². The van der Waals surface area contributed by atoms with E-state index < -0.39 is 5.91 Å². The lowest BCUT2D eigenvalue weighted by Crippen LogP contribution is -2.19. The van der Waals surface area contributed by atoms with Gasteiger partial charge in [-0.3, -0.25) is 9.59 Å². The number of amides is 2. The lowest BCUT2D eigenvalue weighted by Gasteiger charge is -2.07. The maximum absolute atomic E-state index is 12.4. The van der Waals surface area contributed by atoms with Crippen molar-refractivity contribution in [2.24, 2.45) is 0 Å². The Morgan fingerprint density at radius 1 is 1.07 bits per heavy atom. The van der Waals surface area contributed by atoms with Gasteiger partial charge in [-0.1, -0.05) is 27.5 Å². The lowest BCUT2D eigenvalue weighted by molar-refractivity contribution is 0.0960. The maximum atomic E-state index is 12.4. The summed E-state index contributed by atoms with van der Waals surface area (Å²) >= 11 is 9.37. The Hall–Kier alpha value is -2.77. The molecule has 0 spiro atoms. The number of nitrogens with one attached hydrogen (secondary N) is 2. The van der Waals surface area contributed by atoms with Crippen LogP contribution in [0.4, 0.5) is 5.69 Å². The number of benzene rings is 2. The molecule has 28 heavy (non-hydrogen) atoms. The van der Waals surface area contributed by atoms with Crippen molar-refractivity contribution < 1.29 is 18.7 Å². The summed E-state index contributed by atoms with van der Waals surface area (Å²) in [6.07, 6.45) is 0. The first kappa shape index (κ1) is 20.0. The fraction of sp³-hybridized carbons (Fsp3) is 0.100. The second kappa shape index (κ2) is 8.95. The molecule has 0 aliphatic carbocycles. The molecule has 0 radical (unpaired) electrons. The van der Waals surface area contributed by atoms with Gasteiger partial charge in [-0.2, -0.15) is 0 Å². The normalized spacial score (nSPS) is 10.4. The highest BCUT2D eigenvalue weighted by atomic mass is 79.9. The number of carbonyl (C=O) groups is 2. The number of carbonyl (C=O) groups excluding carboxylic acids is 2. The standard InChI is InChI=1S/C20H16BrClN2O4/c1-23-19(25)16-10-13(4-8-17(16)22)24-20(26)18-9-7-15(28-18)11-27-14-5-2-12(21)3-6-14/h2-10H,11H2,1H3,(H,23,25)(H,24,26). The molecule has 1 aromatic heterocycles. The average Bonchev–Trinajstić information content (AvgIpc) is 3.17. The van der Waals surface area contributed by atoms with Crippen LogP contribution < -0.4 is 15.4 Å². The number of anilines is 1. The fourth-order valence-electron chi connectivity index (χ4n) is 2.37. The van der Waals surface area contributed by atoms with Crippen LogP contribution in [0.3, 0.4) is 0 Å². The fourth-order valence-corrected chi connectivity index (χ4v) is 2.83. The van der Waals surface area contributed by atoms with Crippen LogP contribution in [-0.2, 0) is 6.61 Å². The molecular weight excluding hydrogens is 448 g/mol. The Labute approximate surface area is 175 Å². The first-order valence-corrected chi connectivity index (χ1v) is 9.43. The number of furan rings is 1. The maximum Gasteiger partial charge on any atom is 0.291 e. The number of hydrogen-bond acceptors (Lipinski definition) is 4. The van der Waals surface area contributed by atoms with Crippen LogP contribution in [-0.4, -0.2) is 18.9 Å². The number of ether oxygens (including phenoxy) is 1. The third kappa shape index (κ3) is 4.94. The SMILES string of the molecule is CNC(=O)c1cc(NC(=O)c2ccc(COc3ccc(Br)cc3)o2)ccc1Cl. The highest BCUT2D eigenvalue weighted by Gasteiger charge is 2.14. The third-order valence-corrected chi connectivity index (χ3v) is 4.63. The molecule has 144 valence electrons. The average molecular weight is 464 g/mol. The van der Waals surface area contributed by atoms with E-state index in [2.05, 4.69) is 26.6 Å². The molecule has 3 aromatic rings. The molecule has 0 unspecified atom stereocenters. The summed E-state index contributed by atoms with van der Waals surface area (Å²) < 4.78 is 12.1. The van der Waals surface area contributed by atoms with Crippen LogP contribution in [0.15, 0.2) is 63.5 Å². The van der Waals surface area contributed by atoms with Crippen LogP contribution in [0.5, 0.6) is 5.75 Å². The highest BCUT2D eigenvalue weighted by Crippen LogP contribution is 2.22. The van der Waals surface area contributed by atoms with Crippen molar-refractivity contribution in [1.29, 1.82) is 0 Å². The smallest absolute Gasteiger partial charge is 0.291 e. The second-order valence-electron chi connectivity index (χ2n) is 5.74. The molecule has 0 aliphatic rings. The molecule has 6 nitrogen and oxygen atoms in total. The summed E-state index contributed by atoms with van der Waals surface area (Å²) in [7, 11) is 1.50. The van der Waals surface area contributed by atoms with Gasteiger partial charge < -0.3 is 19.8 Å². The van der Waals surface area contributed by atoms with E-state index in [9.17, 15) is 9.59 Å². The Morgan fingerprint density at radius 2 is 1.82 bits per heavy atom. The van der Waals surface area contributed by atoms with Gasteiger partial charge in [0.1, 0.15) is 18.1 Å². The minimum Gasteiger partial charge on any atom is -0.486 e. The van der Waals surface area contributed by atoms with Gasteiger partial charge in [0.15, 0.2) is 5.76 Å². The van der Waals surface area contributed by atoms with Crippen LogP contribution in [0.25, 0.3) is 0 Å².